The van der Waals surface area contributed by atoms with Gasteiger partial charge in [0.1, 0.15) is 5.82 Å². The summed E-state index contributed by atoms with van der Waals surface area (Å²) < 4.78 is 7.31. The van der Waals surface area contributed by atoms with E-state index < -0.39 is 10.8 Å². The molecule has 1 amide bonds. The molecule has 0 radical (unpaired) electrons. The number of furan rings is 1. The van der Waals surface area contributed by atoms with Crippen LogP contribution in [-0.2, 0) is 0 Å². The lowest BCUT2D eigenvalue weighted by molar-refractivity contribution is -0.384. The summed E-state index contributed by atoms with van der Waals surface area (Å²) in [6, 6.07) is 9.29. The van der Waals surface area contributed by atoms with Crippen LogP contribution < -0.4 is 5.32 Å². The van der Waals surface area contributed by atoms with Gasteiger partial charge in [0.2, 0.25) is 0 Å². The number of hydrogen-bond acceptors (Lipinski definition) is 5. The van der Waals surface area contributed by atoms with Crippen LogP contribution >= 0.6 is 15.9 Å². The van der Waals surface area contributed by atoms with Gasteiger partial charge < -0.3 is 9.73 Å². The van der Waals surface area contributed by atoms with Gasteiger partial charge in [-0.2, -0.15) is 5.10 Å². The van der Waals surface area contributed by atoms with Gasteiger partial charge in [-0.15, -0.1) is 0 Å². The van der Waals surface area contributed by atoms with Gasteiger partial charge in [-0.05, 0) is 48.0 Å². The second-order valence-corrected chi connectivity index (χ2v) is 6.15. The Morgan fingerprint density at radius 2 is 1.96 bits per heavy atom. The van der Waals surface area contributed by atoms with Gasteiger partial charge in [0, 0.05) is 23.8 Å². The molecule has 2 aromatic heterocycles. The molecule has 3 rings (SSSR count). The summed E-state index contributed by atoms with van der Waals surface area (Å²) in [5.41, 5.74) is 1.95. The SMILES string of the molecule is Cc1cc(NC(=O)c2oc(Br)cc2C)n(-c2ccc([N+](=O)[O-])cc2)n1. The number of nitro groups is 1. The number of anilines is 1. The number of nitro benzene ring substituents is 1. The maximum Gasteiger partial charge on any atom is 0.292 e. The highest BCUT2D eigenvalue weighted by molar-refractivity contribution is 9.10. The van der Waals surface area contributed by atoms with Crippen LogP contribution in [0.25, 0.3) is 5.69 Å². The van der Waals surface area contributed by atoms with Crippen molar-refractivity contribution >= 4 is 33.3 Å². The molecule has 0 aliphatic heterocycles. The van der Waals surface area contributed by atoms with E-state index in [0.29, 0.717) is 27.4 Å². The zero-order valence-electron chi connectivity index (χ0n) is 13.3. The average molecular weight is 405 g/mol. The molecule has 25 heavy (non-hydrogen) atoms. The Hall–Kier alpha value is -2.94. The molecule has 3 aromatic rings. The zero-order valence-corrected chi connectivity index (χ0v) is 14.9. The van der Waals surface area contributed by atoms with Crippen LogP contribution in [0.5, 0.6) is 0 Å². The van der Waals surface area contributed by atoms with Crippen molar-refractivity contribution < 1.29 is 14.1 Å². The molecular formula is C16H13BrN4O4. The molecule has 0 spiro atoms. The third kappa shape index (κ3) is 3.45. The fraction of sp³-hybridized carbons (Fsp3) is 0.125. The highest BCUT2D eigenvalue weighted by Gasteiger charge is 2.18. The maximum absolute atomic E-state index is 12.4. The summed E-state index contributed by atoms with van der Waals surface area (Å²) in [4.78, 5) is 22.7. The fourth-order valence-corrected chi connectivity index (χ4v) is 2.85. The molecule has 1 aromatic carbocycles. The first-order valence-corrected chi connectivity index (χ1v) is 8.03. The van der Waals surface area contributed by atoms with Crippen molar-refractivity contribution in [1.82, 2.24) is 9.78 Å². The van der Waals surface area contributed by atoms with Crippen molar-refractivity contribution in [2.45, 2.75) is 13.8 Å². The minimum atomic E-state index is -0.474. The number of nitrogens with one attached hydrogen (secondary N) is 1. The number of rotatable bonds is 4. The standard InChI is InChI=1S/C16H13BrN4O4/c1-9-7-13(17)25-15(9)16(22)18-14-8-10(2)19-20(14)11-3-5-12(6-4-11)21(23)24/h3-8H,1-2H3,(H,18,22). The summed E-state index contributed by atoms with van der Waals surface area (Å²) in [5, 5.41) is 17.8. The number of halogens is 1. The van der Waals surface area contributed by atoms with Crippen LogP contribution in [0.4, 0.5) is 11.5 Å². The Bertz CT molecular complexity index is 959. The van der Waals surface area contributed by atoms with Gasteiger partial charge in [0.15, 0.2) is 10.4 Å². The smallest absolute Gasteiger partial charge is 0.292 e. The zero-order chi connectivity index (χ0) is 18.1. The lowest BCUT2D eigenvalue weighted by Crippen LogP contribution is -2.15. The summed E-state index contributed by atoms with van der Waals surface area (Å²) >= 11 is 3.19. The third-order valence-corrected chi connectivity index (χ3v) is 3.86. The van der Waals surface area contributed by atoms with Gasteiger partial charge in [-0.3, -0.25) is 14.9 Å². The number of amides is 1. The van der Waals surface area contributed by atoms with Gasteiger partial charge in [0.05, 0.1) is 16.3 Å². The molecular weight excluding hydrogens is 392 g/mol. The Morgan fingerprint density at radius 1 is 1.28 bits per heavy atom. The maximum atomic E-state index is 12.4. The molecule has 0 aliphatic carbocycles. The Balaban J connectivity index is 1.92. The summed E-state index contributed by atoms with van der Waals surface area (Å²) in [6.45, 7) is 3.55. The molecule has 0 bridgehead atoms. The topological polar surface area (TPSA) is 103 Å². The molecule has 1 N–H and O–H groups in total. The first kappa shape index (κ1) is 16.9. The van der Waals surface area contributed by atoms with Crippen molar-refractivity contribution in [2.75, 3.05) is 5.32 Å². The number of aryl methyl sites for hydroxylation is 2. The van der Waals surface area contributed by atoms with Crippen molar-refractivity contribution in [1.29, 1.82) is 0 Å². The van der Waals surface area contributed by atoms with Crippen molar-refractivity contribution in [3.05, 3.63) is 68.2 Å². The fourth-order valence-electron chi connectivity index (χ4n) is 2.34. The lowest BCUT2D eigenvalue weighted by atomic mass is 10.2. The molecule has 0 aliphatic rings. The highest BCUT2D eigenvalue weighted by atomic mass is 79.9. The molecule has 0 saturated carbocycles. The Morgan fingerprint density at radius 3 is 2.52 bits per heavy atom. The van der Waals surface area contributed by atoms with Crippen LogP contribution in [0.1, 0.15) is 21.8 Å². The monoisotopic (exact) mass is 404 g/mol. The van der Waals surface area contributed by atoms with Crippen molar-refractivity contribution in [3.63, 3.8) is 0 Å². The number of benzene rings is 1. The van der Waals surface area contributed by atoms with E-state index in [2.05, 4.69) is 26.3 Å². The van der Waals surface area contributed by atoms with E-state index in [0.717, 1.165) is 0 Å². The van der Waals surface area contributed by atoms with Gasteiger partial charge in [-0.1, -0.05) is 0 Å². The quantitative estimate of drug-likeness (QED) is 0.522. The van der Waals surface area contributed by atoms with Crippen molar-refractivity contribution in [3.8, 4) is 5.69 Å². The first-order chi connectivity index (χ1) is 11.8. The number of aromatic nitrogens is 2. The van der Waals surface area contributed by atoms with E-state index in [9.17, 15) is 14.9 Å². The third-order valence-electron chi connectivity index (χ3n) is 3.47. The summed E-state index contributed by atoms with van der Waals surface area (Å²) in [5.74, 6) is 0.218. The predicted octanol–water partition coefficient (Wildman–Crippen LogP) is 4.01. The minimum Gasteiger partial charge on any atom is -0.444 e. The number of non-ortho nitro benzene ring substituents is 1. The molecule has 8 nitrogen and oxygen atoms in total. The number of hydrogen-bond donors (Lipinski definition) is 1. The van der Waals surface area contributed by atoms with Crippen LogP contribution in [0.3, 0.4) is 0 Å². The van der Waals surface area contributed by atoms with Gasteiger partial charge in [-0.25, -0.2) is 4.68 Å². The molecule has 2 heterocycles. The van der Waals surface area contributed by atoms with Gasteiger partial charge >= 0.3 is 0 Å². The normalized spacial score (nSPS) is 10.7. The molecule has 0 atom stereocenters. The number of nitrogens with zero attached hydrogens (tertiary/aromatic N) is 3. The average Bonchev–Trinajstić information content (AvgIpc) is 3.09. The van der Waals surface area contributed by atoms with E-state index in [4.69, 9.17) is 4.42 Å². The minimum absolute atomic E-state index is 0.0192. The van der Waals surface area contributed by atoms with E-state index in [-0.39, 0.29) is 11.4 Å². The largest absolute Gasteiger partial charge is 0.444 e. The molecule has 9 heteroatoms. The Kier molecular flexibility index (Phi) is 4.41. The van der Waals surface area contributed by atoms with E-state index in [1.165, 1.54) is 16.8 Å². The molecule has 0 unspecified atom stereocenters. The second-order valence-electron chi connectivity index (χ2n) is 5.37. The van der Waals surface area contributed by atoms with E-state index in [1.54, 1.807) is 38.1 Å². The molecule has 128 valence electrons. The lowest BCUT2D eigenvalue weighted by Gasteiger charge is -2.08. The van der Waals surface area contributed by atoms with Crippen molar-refractivity contribution in [2.24, 2.45) is 0 Å². The van der Waals surface area contributed by atoms with Gasteiger partial charge in [0.25, 0.3) is 11.6 Å². The number of carbonyl (C=O) groups is 1. The predicted molar refractivity (Wildman–Crippen MR) is 94.1 cm³/mol. The summed E-state index contributed by atoms with van der Waals surface area (Å²) in [7, 11) is 0. The molecule has 0 fully saturated rings. The van der Waals surface area contributed by atoms with Crippen LogP contribution in [0, 0.1) is 24.0 Å². The summed E-state index contributed by atoms with van der Waals surface area (Å²) in [6.07, 6.45) is 0. The van der Waals surface area contributed by atoms with Crippen LogP contribution in [0.2, 0.25) is 0 Å². The van der Waals surface area contributed by atoms with E-state index >= 15 is 0 Å². The first-order valence-electron chi connectivity index (χ1n) is 7.24. The second kappa shape index (κ2) is 6.52. The molecule has 0 saturated heterocycles. The van der Waals surface area contributed by atoms with Crippen LogP contribution in [-0.4, -0.2) is 20.6 Å². The highest BCUT2D eigenvalue weighted by Crippen LogP contribution is 2.23. The van der Waals surface area contributed by atoms with E-state index in [1.807, 2.05) is 0 Å². The Labute approximate surface area is 150 Å². The van der Waals surface area contributed by atoms with Crippen LogP contribution in [0.15, 0.2) is 45.5 Å². The number of carbonyl (C=O) groups excluding carboxylic acids is 1.